The van der Waals surface area contributed by atoms with Gasteiger partial charge in [-0.2, -0.15) is 4.31 Å². The number of piperidine rings is 1. The van der Waals surface area contributed by atoms with Gasteiger partial charge in [0.2, 0.25) is 15.8 Å². The van der Waals surface area contributed by atoms with Crippen LogP contribution in [-0.2, 0) is 10.0 Å². The summed E-state index contributed by atoms with van der Waals surface area (Å²) in [6.45, 7) is 4.42. The van der Waals surface area contributed by atoms with E-state index in [1.165, 1.54) is 39.3 Å². The maximum atomic E-state index is 13.2. The number of aryl methyl sites for hydroxylation is 2. The van der Waals surface area contributed by atoms with Gasteiger partial charge < -0.3 is 5.32 Å². The van der Waals surface area contributed by atoms with Gasteiger partial charge in [0.15, 0.2) is 0 Å². The topological polar surface area (TPSA) is 97.2 Å². The van der Waals surface area contributed by atoms with Crippen LogP contribution < -0.4 is 5.32 Å². The summed E-state index contributed by atoms with van der Waals surface area (Å²) in [6.07, 6.45) is 2.71. The highest BCUT2D eigenvalue weighted by atomic mass is 32.2. The first-order valence-electron chi connectivity index (χ1n) is 10.4. The molecule has 168 valence electrons. The fourth-order valence-electron chi connectivity index (χ4n) is 3.70. The Morgan fingerprint density at radius 1 is 1.03 bits per heavy atom. The minimum atomic E-state index is -3.64. The molecule has 1 aromatic heterocycles. The summed E-state index contributed by atoms with van der Waals surface area (Å²) in [6, 6.07) is 10.5. The van der Waals surface area contributed by atoms with Crippen molar-refractivity contribution in [2.24, 2.45) is 0 Å². The van der Waals surface area contributed by atoms with Crippen molar-refractivity contribution in [3.05, 3.63) is 65.5 Å². The first-order chi connectivity index (χ1) is 15.3. The molecule has 0 aliphatic carbocycles. The summed E-state index contributed by atoms with van der Waals surface area (Å²) in [5.74, 6) is -0.565. The van der Waals surface area contributed by atoms with Crippen molar-refractivity contribution in [2.45, 2.75) is 38.0 Å². The Balaban J connectivity index is 1.57. The summed E-state index contributed by atoms with van der Waals surface area (Å²) in [5.41, 5.74) is 1.52. The number of hydrogen-bond donors (Lipinski definition) is 1. The van der Waals surface area contributed by atoms with Crippen LogP contribution >= 0.6 is 0 Å². The molecule has 4 rings (SSSR count). The van der Waals surface area contributed by atoms with Gasteiger partial charge in [0, 0.05) is 18.8 Å². The van der Waals surface area contributed by atoms with E-state index in [2.05, 4.69) is 15.4 Å². The normalized spacial score (nSPS) is 15.0. The minimum absolute atomic E-state index is 0.0761. The van der Waals surface area contributed by atoms with Crippen LogP contribution in [0.5, 0.6) is 0 Å². The van der Waals surface area contributed by atoms with Gasteiger partial charge in [0.25, 0.3) is 5.91 Å². The molecule has 1 aliphatic heterocycles. The van der Waals surface area contributed by atoms with E-state index in [1.54, 1.807) is 26.0 Å². The number of hydrogen-bond acceptors (Lipinski definition) is 5. The third-order valence-corrected chi connectivity index (χ3v) is 7.46. The smallest absolute Gasteiger partial charge is 0.295 e. The lowest BCUT2D eigenvalue weighted by atomic mass is 10.2. The van der Waals surface area contributed by atoms with Crippen molar-refractivity contribution < 1.29 is 17.6 Å². The number of nitrogens with zero attached hydrogens (tertiary/aromatic N) is 4. The Kier molecular flexibility index (Phi) is 6.07. The molecule has 1 fully saturated rings. The Bertz CT molecular complexity index is 1250. The molecule has 1 aliphatic rings. The molecule has 3 aromatic rings. The lowest BCUT2D eigenvalue weighted by Crippen LogP contribution is -2.36. The molecule has 1 amide bonds. The van der Waals surface area contributed by atoms with E-state index in [9.17, 15) is 17.6 Å². The molecule has 0 spiro atoms. The zero-order valence-corrected chi connectivity index (χ0v) is 18.7. The second kappa shape index (κ2) is 8.79. The Morgan fingerprint density at radius 3 is 2.41 bits per heavy atom. The largest absolute Gasteiger partial charge is 0.319 e. The van der Waals surface area contributed by atoms with Crippen LogP contribution in [0, 0.1) is 19.7 Å². The van der Waals surface area contributed by atoms with Crippen molar-refractivity contribution in [2.75, 3.05) is 18.4 Å². The highest BCUT2D eigenvalue weighted by Gasteiger charge is 2.28. The molecule has 1 N–H and O–H groups in total. The number of carbonyl (C=O) groups is 1. The zero-order chi connectivity index (χ0) is 22.9. The summed E-state index contributed by atoms with van der Waals surface area (Å²) >= 11 is 0. The second-order valence-electron chi connectivity index (χ2n) is 7.77. The van der Waals surface area contributed by atoms with Gasteiger partial charge in [-0.15, -0.1) is 5.10 Å². The van der Waals surface area contributed by atoms with Gasteiger partial charge in [-0.05, 0) is 68.7 Å². The Labute approximate surface area is 186 Å². The quantitative estimate of drug-likeness (QED) is 0.633. The number of anilines is 1. The molecule has 10 heteroatoms. The monoisotopic (exact) mass is 457 g/mol. The SMILES string of the molecule is Cc1ccc(NC(=O)c2nc(C)n(-c3ccc(F)cc3)n2)cc1S(=O)(=O)N1CCCCC1. The maximum Gasteiger partial charge on any atom is 0.295 e. The van der Waals surface area contributed by atoms with Crippen molar-refractivity contribution >= 4 is 21.6 Å². The van der Waals surface area contributed by atoms with Gasteiger partial charge in [0.1, 0.15) is 11.6 Å². The number of rotatable bonds is 5. The summed E-state index contributed by atoms with van der Waals surface area (Å²) < 4.78 is 42.3. The van der Waals surface area contributed by atoms with E-state index >= 15 is 0 Å². The third kappa shape index (κ3) is 4.42. The lowest BCUT2D eigenvalue weighted by molar-refractivity contribution is 0.101. The van der Waals surface area contributed by atoms with Gasteiger partial charge in [-0.1, -0.05) is 12.5 Å². The molecule has 2 heterocycles. The summed E-state index contributed by atoms with van der Waals surface area (Å²) in [4.78, 5) is 17.1. The van der Waals surface area contributed by atoms with Gasteiger partial charge in [-0.3, -0.25) is 4.79 Å². The van der Waals surface area contributed by atoms with Crippen LogP contribution in [0.4, 0.5) is 10.1 Å². The van der Waals surface area contributed by atoms with Gasteiger partial charge >= 0.3 is 0 Å². The predicted molar refractivity (Wildman–Crippen MR) is 118 cm³/mol. The Hall–Kier alpha value is -3.11. The summed E-state index contributed by atoms with van der Waals surface area (Å²) in [5, 5.41) is 6.89. The number of nitrogens with one attached hydrogen (secondary N) is 1. The first kappa shape index (κ1) is 22.1. The molecular formula is C22H24FN5O3S. The van der Waals surface area contributed by atoms with Crippen molar-refractivity contribution in [1.29, 1.82) is 0 Å². The predicted octanol–water partition coefficient (Wildman–Crippen LogP) is 3.45. The van der Waals surface area contributed by atoms with E-state index in [1.807, 2.05) is 0 Å². The number of halogens is 1. The highest BCUT2D eigenvalue weighted by Crippen LogP contribution is 2.26. The molecule has 0 saturated carbocycles. The number of benzene rings is 2. The van der Waals surface area contributed by atoms with Crippen molar-refractivity contribution in [3.8, 4) is 5.69 Å². The molecule has 0 atom stereocenters. The third-order valence-electron chi connectivity index (χ3n) is 5.42. The zero-order valence-electron chi connectivity index (χ0n) is 17.9. The standard InChI is InChI=1S/C22H24FN5O3S/c1-15-6-9-18(14-20(15)32(30,31)27-12-4-3-5-13-27)25-22(29)21-24-16(2)28(26-21)19-10-7-17(23)8-11-19/h6-11,14H,3-5,12-13H2,1-2H3,(H,25,29). The highest BCUT2D eigenvalue weighted by molar-refractivity contribution is 7.89. The van der Waals surface area contributed by atoms with E-state index in [4.69, 9.17) is 0 Å². The molecule has 0 radical (unpaired) electrons. The Morgan fingerprint density at radius 2 is 1.72 bits per heavy atom. The van der Waals surface area contributed by atoms with Crippen LogP contribution in [0.2, 0.25) is 0 Å². The lowest BCUT2D eigenvalue weighted by Gasteiger charge is -2.26. The number of aromatic nitrogens is 3. The van der Waals surface area contributed by atoms with E-state index < -0.39 is 15.9 Å². The number of carbonyl (C=O) groups excluding carboxylic acids is 1. The number of amides is 1. The average molecular weight is 458 g/mol. The molecular weight excluding hydrogens is 433 g/mol. The van der Waals surface area contributed by atoms with Crippen LogP contribution in [0.3, 0.4) is 0 Å². The van der Waals surface area contributed by atoms with Gasteiger partial charge in [0.05, 0.1) is 10.6 Å². The average Bonchev–Trinajstić information content (AvgIpc) is 3.18. The molecule has 8 nitrogen and oxygen atoms in total. The van der Waals surface area contributed by atoms with Crippen LogP contribution in [0.1, 0.15) is 41.3 Å². The van der Waals surface area contributed by atoms with E-state index in [-0.39, 0.29) is 16.5 Å². The van der Waals surface area contributed by atoms with Crippen LogP contribution in [0.25, 0.3) is 5.69 Å². The van der Waals surface area contributed by atoms with Crippen molar-refractivity contribution in [1.82, 2.24) is 19.1 Å². The number of sulfonamides is 1. The fraction of sp³-hybridized carbons (Fsp3) is 0.318. The fourth-order valence-corrected chi connectivity index (χ4v) is 5.47. The molecule has 1 saturated heterocycles. The maximum absolute atomic E-state index is 13.2. The molecule has 2 aromatic carbocycles. The minimum Gasteiger partial charge on any atom is -0.319 e. The van der Waals surface area contributed by atoms with Crippen molar-refractivity contribution in [3.63, 3.8) is 0 Å². The molecule has 0 unspecified atom stereocenters. The van der Waals surface area contributed by atoms with E-state index in [0.717, 1.165) is 19.3 Å². The van der Waals surface area contributed by atoms with Crippen LogP contribution in [0.15, 0.2) is 47.4 Å². The van der Waals surface area contributed by atoms with Crippen LogP contribution in [-0.4, -0.2) is 46.5 Å². The van der Waals surface area contributed by atoms with Gasteiger partial charge in [-0.25, -0.2) is 22.5 Å². The first-order valence-corrected chi connectivity index (χ1v) is 11.8. The van der Waals surface area contributed by atoms with E-state index in [0.29, 0.717) is 35.9 Å². The summed E-state index contributed by atoms with van der Waals surface area (Å²) in [7, 11) is -3.64. The molecule has 32 heavy (non-hydrogen) atoms. The molecule has 0 bridgehead atoms. The second-order valence-corrected chi connectivity index (χ2v) is 9.68.